The number of anilines is 1. The van der Waals surface area contributed by atoms with Crippen LogP contribution in [0.5, 0.6) is 0 Å². The van der Waals surface area contributed by atoms with Crippen LogP contribution in [0.3, 0.4) is 0 Å². The van der Waals surface area contributed by atoms with Crippen LogP contribution in [0.15, 0.2) is 35.2 Å². The third-order valence-corrected chi connectivity index (χ3v) is 3.09. The molecule has 0 fully saturated rings. The summed E-state index contributed by atoms with van der Waals surface area (Å²) in [4.78, 5) is 8.11. The number of hydrogen-bond donors (Lipinski definition) is 3. The summed E-state index contributed by atoms with van der Waals surface area (Å²) in [5.74, 6) is 5.96. The maximum absolute atomic E-state index is 5.93. The number of halogens is 2. The van der Waals surface area contributed by atoms with Crippen LogP contribution in [0.4, 0.5) is 5.82 Å². The van der Waals surface area contributed by atoms with Crippen LogP contribution in [0, 0.1) is 0 Å². The van der Waals surface area contributed by atoms with Crippen molar-refractivity contribution in [1.29, 1.82) is 0 Å². The first-order valence-electron chi connectivity index (χ1n) is 5.09. The number of aromatic nitrogens is 2. The van der Waals surface area contributed by atoms with Gasteiger partial charge in [-0.3, -0.25) is 10.8 Å². The van der Waals surface area contributed by atoms with Crippen molar-refractivity contribution in [3.63, 3.8) is 0 Å². The summed E-state index contributed by atoms with van der Waals surface area (Å²) in [6.45, 7) is 0. The molecule has 7 heteroatoms. The fraction of sp³-hybridized carbons (Fsp3) is 0.0909. The standard InChI is InChI=1S/C11H11BrClN5/c12-7-1-6(3-16-4-7)10(18-15)9-2-8(13)5-17-11(9)14/h1-5,10,18H,15H2,(H2,14,17). The lowest BCUT2D eigenvalue weighted by molar-refractivity contribution is 0.634. The summed E-state index contributed by atoms with van der Waals surface area (Å²) >= 11 is 9.29. The van der Waals surface area contributed by atoms with E-state index in [-0.39, 0.29) is 6.04 Å². The molecule has 0 saturated carbocycles. The van der Waals surface area contributed by atoms with Crippen molar-refractivity contribution in [1.82, 2.24) is 15.4 Å². The Kier molecular flexibility index (Phi) is 4.13. The number of nitrogens with zero attached hydrogens (tertiary/aromatic N) is 2. The van der Waals surface area contributed by atoms with Crippen LogP contribution in [0.1, 0.15) is 17.2 Å². The lowest BCUT2D eigenvalue weighted by atomic mass is 10.0. The summed E-state index contributed by atoms with van der Waals surface area (Å²) < 4.78 is 0.855. The van der Waals surface area contributed by atoms with Gasteiger partial charge in [0.2, 0.25) is 0 Å². The first-order chi connectivity index (χ1) is 8.61. The molecular formula is C11H11BrClN5. The molecule has 18 heavy (non-hydrogen) atoms. The molecule has 0 aliphatic heterocycles. The van der Waals surface area contributed by atoms with Gasteiger partial charge in [-0.2, -0.15) is 0 Å². The quantitative estimate of drug-likeness (QED) is 0.592. The van der Waals surface area contributed by atoms with Crippen molar-refractivity contribution in [2.24, 2.45) is 5.84 Å². The number of hydrogen-bond acceptors (Lipinski definition) is 5. The molecule has 0 radical (unpaired) electrons. The van der Waals surface area contributed by atoms with E-state index in [0.717, 1.165) is 10.0 Å². The van der Waals surface area contributed by atoms with Crippen LogP contribution in [0.25, 0.3) is 0 Å². The molecule has 2 aromatic heterocycles. The Labute approximate surface area is 118 Å². The molecule has 1 atom stereocenters. The zero-order valence-corrected chi connectivity index (χ0v) is 11.6. The Morgan fingerprint density at radius 1 is 1.28 bits per heavy atom. The van der Waals surface area contributed by atoms with E-state index in [1.54, 1.807) is 18.5 Å². The minimum Gasteiger partial charge on any atom is -0.383 e. The second kappa shape index (κ2) is 5.62. The normalized spacial score (nSPS) is 12.4. The minimum atomic E-state index is -0.318. The number of nitrogens with two attached hydrogens (primary N) is 2. The van der Waals surface area contributed by atoms with Gasteiger partial charge >= 0.3 is 0 Å². The van der Waals surface area contributed by atoms with E-state index in [9.17, 15) is 0 Å². The molecule has 0 bridgehead atoms. The average Bonchev–Trinajstić information content (AvgIpc) is 2.35. The summed E-state index contributed by atoms with van der Waals surface area (Å²) in [6, 6.07) is 3.31. The molecule has 2 aromatic rings. The third-order valence-electron chi connectivity index (χ3n) is 2.45. The van der Waals surface area contributed by atoms with Crippen molar-refractivity contribution < 1.29 is 0 Å². The lowest BCUT2D eigenvalue weighted by Gasteiger charge is -2.18. The van der Waals surface area contributed by atoms with Crippen molar-refractivity contribution in [2.75, 3.05) is 5.73 Å². The first kappa shape index (κ1) is 13.2. The summed E-state index contributed by atoms with van der Waals surface area (Å²) in [7, 11) is 0. The van der Waals surface area contributed by atoms with Gasteiger partial charge in [0.25, 0.3) is 0 Å². The maximum Gasteiger partial charge on any atom is 0.128 e. The fourth-order valence-electron chi connectivity index (χ4n) is 1.65. The molecule has 0 aliphatic carbocycles. The first-order valence-corrected chi connectivity index (χ1v) is 6.26. The molecule has 5 nitrogen and oxygen atoms in total. The fourth-order valence-corrected chi connectivity index (χ4v) is 2.20. The maximum atomic E-state index is 5.93. The van der Waals surface area contributed by atoms with Crippen LogP contribution < -0.4 is 17.0 Å². The molecule has 5 N–H and O–H groups in total. The van der Waals surface area contributed by atoms with Crippen molar-refractivity contribution in [2.45, 2.75) is 6.04 Å². The lowest BCUT2D eigenvalue weighted by Crippen LogP contribution is -2.29. The smallest absolute Gasteiger partial charge is 0.128 e. The minimum absolute atomic E-state index is 0.318. The highest BCUT2D eigenvalue weighted by Crippen LogP contribution is 2.27. The third kappa shape index (κ3) is 2.78. The van der Waals surface area contributed by atoms with Gasteiger partial charge in [0.15, 0.2) is 0 Å². The molecule has 2 heterocycles. The summed E-state index contributed by atoms with van der Waals surface area (Å²) in [6.07, 6.45) is 4.89. The van der Waals surface area contributed by atoms with E-state index in [4.69, 9.17) is 23.2 Å². The van der Waals surface area contributed by atoms with Crippen LogP contribution in [-0.4, -0.2) is 9.97 Å². The van der Waals surface area contributed by atoms with Crippen molar-refractivity contribution in [3.8, 4) is 0 Å². The summed E-state index contributed by atoms with van der Waals surface area (Å²) in [5, 5.41) is 0.502. The van der Waals surface area contributed by atoms with E-state index in [0.29, 0.717) is 16.4 Å². The monoisotopic (exact) mass is 327 g/mol. The van der Waals surface area contributed by atoms with Gasteiger partial charge in [-0.1, -0.05) is 11.6 Å². The van der Waals surface area contributed by atoms with E-state index in [1.165, 1.54) is 6.20 Å². The van der Waals surface area contributed by atoms with Crippen LogP contribution in [0.2, 0.25) is 5.02 Å². The second-order valence-corrected chi connectivity index (χ2v) is 5.02. The molecule has 94 valence electrons. The van der Waals surface area contributed by atoms with Gasteiger partial charge in [-0.25, -0.2) is 10.4 Å². The Bertz CT molecular complexity index is 563. The largest absolute Gasteiger partial charge is 0.383 e. The van der Waals surface area contributed by atoms with Crippen LogP contribution in [-0.2, 0) is 0 Å². The Morgan fingerprint density at radius 2 is 2.06 bits per heavy atom. The van der Waals surface area contributed by atoms with Gasteiger partial charge in [0, 0.05) is 28.6 Å². The number of hydrazine groups is 1. The van der Waals surface area contributed by atoms with E-state index in [1.807, 2.05) is 6.07 Å². The number of pyridine rings is 2. The van der Waals surface area contributed by atoms with Crippen LogP contribution >= 0.6 is 27.5 Å². The van der Waals surface area contributed by atoms with E-state index >= 15 is 0 Å². The highest BCUT2D eigenvalue weighted by Gasteiger charge is 2.17. The van der Waals surface area contributed by atoms with Gasteiger partial charge in [-0.05, 0) is 33.6 Å². The zero-order valence-electron chi connectivity index (χ0n) is 9.27. The van der Waals surface area contributed by atoms with Crippen molar-refractivity contribution in [3.05, 3.63) is 51.3 Å². The van der Waals surface area contributed by atoms with E-state index < -0.39 is 0 Å². The highest BCUT2D eigenvalue weighted by molar-refractivity contribution is 9.10. The highest BCUT2D eigenvalue weighted by atomic mass is 79.9. The Hall–Kier alpha value is -1.21. The Balaban J connectivity index is 2.48. The molecule has 0 aliphatic rings. The number of rotatable bonds is 3. The predicted octanol–water partition coefficient (Wildman–Crippen LogP) is 2.03. The molecular weight excluding hydrogens is 318 g/mol. The predicted molar refractivity (Wildman–Crippen MR) is 74.8 cm³/mol. The number of nitrogens with one attached hydrogen (secondary N) is 1. The average molecular weight is 329 g/mol. The SMILES string of the molecule is NNC(c1cncc(Br)c1)c1cc(Cl)cnc1N. The second-order valence-electron chi connectivity index (χ2n) is 3.66. The van der Waals surface area contributed by atoms with Gasteiger partial charge in [0.1, 0.15) is 5.82 Å². The van der Waals surface area contributed by atoms with Gasteiger partial charge in [-0.15, -0.1) is 0 Å². The molecule has 0 saturated heterocycles. The molecule has 1 unspecified atom stereocenters. The number of nitrogen functional groups attached to an aromatic ring is 1. The molecule has 0 aromatic carbocycles. The summed E-state index contributed by atoms with van der Waals surface area (Å²) in [5.41, 5.74) is 10.1. The van der Waals surface area contributed by atoms with Gasteiger partial charge in [0.05, 0.1) is 11.1 Å². The molecule has 0 amide bonds. The molecule has 0 spiro atoms. The zero-order chi connectivity index (χ0) is 13.1. The Morgan fingerprint density at radius 3 is 2.72 bits per heavy atom. The van der Waals surface area contributed by atoms with E-state index in [2.05, 4.69) is 31.3 Å². The molecule has 2 rings (SSSR count). The topological polar surface area (TPSA) is 89.8 Å². The van der Waals surface area contributed by atoms with Crippen molar-refractivity contribution >= 4 is 33.3 Å². The van der Waals surface area contributed by atoms with Gasteiger partial charge < -0.3 is 5.73 Å².